The number of ether oxygens (including phenoxy) is 1. The van der Waals surface area contributed by atoms with Crippen LogP contribution in [-0.2, 0) is 30.7 Å². The Bertz CT molecular complexity index is 1170. The molecule has 3 aromatic rings. The summed E-state index contributed by atoms with van der Waals surface area (Å²) in [7, 11) is 0. The minimum absolute atomic E-state index is 0.605. The van der Waals surface area contributed by atoms with Gasteiger partial charge in [-0.2, -0.15) is 10.2 Å². The molecular formula is C30H40N6O. The Kier molecular flexibility index (Phi) is 9.38. The van der Waals surface area contributed by atoms with E-state index < -0.39 is 0 Å². The van der Waals surface area contributed by atoms with E-state index in [1.165, 1.54) is 27.9 Å². The van der Waals surface area contributed by atoms with Crippen LogP contribution in [0.25, 0.3) is 0 Å². The fourth-order valence-corrected chi connectivity index (χ4v) is 4.79. The van der Waals surface area contributed by atoms with Crippen molar-refractivity contribution in [1.29, 1.82) is 0 Å². The Morgan fingerprint density at radius 1 is 1.00 bits per heavy atom. The van der Waals surface area contributed by atoms with Gasteiger partial charge >= 0.3 is 0 Å². The molecule has 37 heavy (non-hydrogen) atoms. The molecule has 4 rings (SSSR count). The van der Waals surface area contributed by atoms with Crippen LogP contribution >= 0.6 is 0 Å². The first kappa shape index (κ1) is 26.5. The molecule has 1 aromatic heterocycles. The molecule has 0 saturated carbocycles. The zero-order valence-corrected chi connectivity index (χ0v) is 22.4. The van der Waals surface area contributed by atoms with Gasteiger partial charge in [-0.3, -0.25) is 9.58 Å². The van der Waals surface area contributed by atoms with Crippen molar-refractivity contribution in [3.05, 3.63) is 100 Å². The van der Waals surface area contributed by atoms with E-state index in [4.69, 9.17) is 10.6 Å². The van der Waals surface area contributed by atoms with E-state index in [2.05, 4.69) is 94.0 Å². The maximum Gasteiger partial charge on any atom is 0.125 e. The van der Waals surface area contributed by atoms with E-state index in [1.807, 2.05) is 12.3 Å². The molecule has 0 atom stereocenters. The van der Waals surface area contributed by atoms with Crippen LogP contribution < -0.4 is 5.84 Å². The molecule has 7 heteroatoms. The van der Waals surface area contributed by atoms with Crippen molar-refractivity contribution in [1.82, 2.24) is 19.6 Å². The van der Waals surface area contributed by atoms with Gasteiger partial charge in [0.25, 0.3) is 0 Å². The number of piperazine rings is 1. The lowest BCUT2D eigenvalue weighted by Crippen LogP contribution is -2.46. The summed E-state index contributed by atoms with van der Waals surface area (Å²) in [6.45, 7) is 12.5. The summed E-state index contributed by atoms with van der Waals surface area (Å²) in [6, 6.07) is 19.1. The van der Waals surface area contributed by atoms with Gasteiger partial charge in [0.2, 0.25) is 0 Å². The van der Waals surface area contributed by atoms with Gasteiger partial charge in [0, 0.05) is 63.4 Å². The number of allylic oxidation sites excluding steroid dienone is 2. The van der Waals surface area contributed by atoms with Gasteiger partial charge in [-0.25, -0.2) is 0 Å². The third-order valence-electron chi connectivity index (χ3n) is 7.09. The summed E-state index contributed by atoms with van der Waals surface area (Å²) in [4.78, 5) is 4.85. The minimum Gasteiger partial charge on any atom is -0.495 e. The largest absolute Gasteiger partial charge is 0.495 e. The molecule has 0 radical (unpaired) electrons. The summed E-state index contributed by atoms with van der Waals surface area (Å²) < 4.78 is 8.53. The fourth-order valence-electron chi connectivity index (χ4n) is 4.79. The number of aromatic nitrogens is 2. The van der Waals surface area contributed by atoms with Crippen LogP contribution in [0.2, 0.25) is 0 Å². The van der Waals surface area contributed by atoms with Crippen molar-refractivity contribution in [3.8, 4) is 0 Å². The molecule has 2 N–H and O–H groups in total. The SMILES string of the molecule is CCn1ncc(CN2CCN(C(/C=N\N)=C(/Cc3ccccc3)OCCc3ccc(C)cc3)CC2)c1C. The molecule has 0 spiro atoms. The van der Waals surface area contributed by atoms with Crippen LogP contribution in [0, 0.1) is 13.8 Å². The lowest BCUT2D eigenvalue weighted by Gasteiger charge is -2.37. The first-order valence-corrected chi connectivity index (χ1v) is 13.2. The zero-order valence-electron chi connectivity index (χ0n) is 22.4. The number of rotatable bonds is 11. The molecule has 1 fully saturated rings. The predicted octanol–water partition coefficient (Wildman–Crippen LogP) is 4.30. The van der Waals surface area contributed by atoms with Gasteiger partial charge in [0.1, 0.15) is 5.76 Å². The normalized spacial score (nSPS) is 15.3. The molecular weight excluding hydrogens is 460 g/mol. The highest BCUT2D eigenvalue weighted by atomic mass is 16.5. The Hall–Kier alpha value is -3.58. The Labute approximate surface area is 221 Å². The molecule has 2 heterocycles. The Balaban J connectivity index is 1.47. The van der Waals surface area contributed by atoms with E-state index in [1.54, 1.807) is 6.21 Å². The van der Waals surface area contributed by atoms with Crippen LogP contribution in [0.5, 0.6) is 0 Å². The van der Waals surface area contributed by atoms with E-state index >= 15 is 0 Å². The number of hydrazone groups is 1. The van der Waals surface area contributed by atoms with Gasteiger partial charge in [-0.05, 0) is 31.9 Å². The Morgan fingerprint density at radius 2 is 1.73 bits per heavy atom. The zero-order chi connectivity index (χ0) is 26.0. The summed E-state index contributed by atoms with van der Waals surface area (Å²) in [5.74, 6) is 6.61. The average Bonchev–Trinajstić information content (AvgIpc) is 3.28. The summed E-state index contributed by atoms with van der Waals surface area (Å²) in [6.07, 6.45) is 5.32. The van der Waals surface area contributed by atoms with Crippen LogP contribution in [0.4, 0.5) is 0 Å². The van der Waals surface area contributed by atoms with Gasteiger partial charge in [0.15, 0.2) is 0 Å². The highest BCUT2D eigenvalue weighted by Gasteiger charge is 2.22. The van der Waals surface area contributed by atoms with Gasteiger partial charge in [0.05, 0.1) is 24.7 Å². The number of hydrogen-bond acceptors (Lipinski definition) is 6. The topological polar surface area (TPSA) is 71.9 Å². The van der Waals surface area contributed by atoms with E-state index in [0.29, 0.717) is 13.0 Å². The van der Waals surface area contributed by atoms with Crippen molar-refractivity contribution in [2.24, 2.45) is 10.9 Å². The van der Waals surface area contributed by atoms with Crippen molar-refractivity contribution in [2.45, 2.75) is 46.7 Å². The van der Waals surface area contributed by atoms with Crippen LogP contribution in [-0.4, -0.2) is 58.6 Å². The average molecular weight is 501 g/mol. The fraction of sp³-hybridized carbons (Fsp3) is 0.400. The number of aryl methyl sites for hydroxylation is 2. The second-order valence-corrected chi connectivity index (χ2v) is 9.67. The van der Waals surface area contributed by atoms with E-state index in [0.717, 1.165) is 57.1 Å². The summed E-state index contributed by atoms with van der Waals surface area (Å²) in [5, 5.41) is 8.44. The summed E-state index contributed by atoms with van der Waals surface area (Å²) >= 11 is 0. The minimum atomic E-state index is 0.605. The van der Waals surface area contributed by atoms with Gasteiger partial charge in [-0.1, -0.05) is 60.2 Å². The highest BCUT2D eigenvalue weighted by molar-refractivity contribution is 5.78. The molecule has 7 nitrogen and oxygen atoms in total. The van der Waals surface area contributed by atoms with Crippen LogP contribution in [0.1, 0.15) is 34.9 Å². The van der Waals surface area contributed by atoms with Crippen molar-refractivity contribution in [2.75, 3.05) is 32.8 Å². The van der Waals surface area contributed by atoms with Crippen LogP contribution in [0.3, 0.4) is 0 Å². The third-order valence-corrected chi connectivity index (χ3v) is 7.09. The maximum atomic E-state index is 6.47. The maximum absolute atomic E-state index is 6.47. The van der Waals surface area contributed by atoms with Crippen molar-refractivity contribution < 1.29 is 4.74 Å². The first-order chi connectivity index (χ1) is 18.1. The van der Waals surface area contributed by atoms with Crippen molar-refractivity contribution >= 4 is 6.21 Å². The second kappa shape index (κ2) is 13.1. The molecule has 0 bridgehead atoms. The van der Waals surface area contributed by atoms with E-state index in [-0.39, 0.29) is 0 Å². The molecule has 0 amide bonds. The highest BCUT2D eigenvalue weighted by Crippen LogP contribution is 2.20. The number of hydrogen-bond donors (Lipinski definition) is 1. The number of benzene rings is 2. The number of nitrogens with zero attached hydrogens (tertiary/aromatic N) is 5. The molecule has 1 aliphatic rings. The lowest BCUT2D eigenvalue weighted by molar-refractivity contribution is 0.143. The van der Waals surface area contributed by atoms with E-state index in [9.17, 15) is 0 Å². The standard InChI is InChI=1S/C30H40N6O/c1-4-36-25(3)28(21-33-36)23-34-15-17-35(18-16-34)29(22-32-31)30(20-27-8-6-5-7-9-27)37-19-14-26-12-10-24(2)11-13-26/h5-13,21-22H,4,14-20,23,31H2,1-3H3/b30-29-,32-22-. The quantitative estimate of drug-likeness (QED) is 0.184. The van der Waals surface area contributed by atoms with Crippen LogP contribution in [0.15, 0.2) is 77.4 Å². The number of nitrogens with two attached hydrogens (primary N) is 1. The molecule has 0 aliphatic carbocycles. The lowest BCUT2D eigenvalue weighted by atomic mass is 10.1. The molecule has 2 aromatic carbocycles. The predicted molar refractivity (Wildman–Crippen MR) is 150 cm³/mol. The molecule has 1 saturated heterocycles. The Morgan fingerprint density at radius 3 is 2.38 bits per heavy atom. The molecule has 1 aliphatic heterocycles. The summed E-state index contributed by atoms with van der Waals surface area (Å²) in [5.41, 5.74) is 7.28. The molecule has 196 valence electrons. The van der Waals surface area contributed by atoms with Gasteiger partial charge in [-0.15, -0.1) is 0 Å². The van der Waals surface area contributed by atoms with Gasteiger partial charge < -0.3 is 15.5 Å². The first-order valence-electron chi connectivity index (χ1n) is 13.2. The molecule has 0 unspecified atom stereocenters. The van der Waals surface area contributed by atoms with Crippen molar-refractivity contribution in [3.63, 3.8) is 0 Å². The monoisotopic (exact) mass is 500 g/mol. The third kappa shape index (κ3) is 7.23. The second-order valence-electron chi connectivity index (χ2n) is 9.67. The smallest absolute Gasteiger partial charge is 0.125 e.